The first-order valence-electron chi connectivity index (χ1n) is 5.98. The fraction of sp³-hybridized carbons (Fsp3) is 0.462. The molecule has 1 aromatic carbocycles. The zero-order valence-corrected chi connectivity index (χ0v) is 12.1. The minimum Gasteiger partial charge on any atom is -0.495 e. The number of rotatable bonds is 7. The van der Waals surface area contributed by atoms with E-state index in [9.17, 15) is 4.79 Å². The molecular formula is C13H19ClN2O3. The van der Waals surface area contributed by atoms with Crippen molar-refractivity contribution in [2.75, 3.05) is 33.1 Å². The molecule has 0 spiro atoms. The van der Waals surface area contributed by atoms with Gasteiger partial charge in [-0.05, 0) is 26.1 Å². The van der Waals surface area contributed by atoms with Crippen LogP contribution in [-0.4, -0.2) is 33.7 Å². The lowest BCUT2D eigenvalue weighted by molar-refractivity contribution is -0.116. The van der Waals surface area contributed by atoms with Crippen LogP contribution in [0.1, 0.15) is 12.8 Å². The molecule has 0 aliphatic rings. The molecule has 0 fully saturated rings. The minimum absolute atomic E-state index is 0.0743. The van der Waals surface area contributed by atoms with E-state index in [4.69, 9.17) is 21.1 Å². The number of hydrogen-bond acceptors (Lipinski definition) is 4. The molecule has 0 aliphatic heterocycles. The van der Waals surface area contributed by atoms with E-state index in [2.05, 4.69) is 10.6 Å². The second-order valence-corrected chi connectivity index (χ2v) is 4.35. The van der Waals surface area contributed by atoms with E-state index in [0.717, 1.165) is 13.0 Å². The van der Waals surface area contributed by atoms with Gasteiger partial charge in [0, 0.05) is 12.5 Å². The molecule has 1 rings (SSSR count). The molecule has 0 saturated carbocycles. The molecule has 2 N–H and O–H groups in total. The second-order valence-electron chi connectivity index (χ2n) is 3.94. The Morgan fingerprint density at radius 3 is 2.53 bits per heavy atom. The van der Waals surface area contributed by atoms with Crippen LogP contribution < -0.4 is 20.1 Å². The van der Waals surface area contributed by atoms with Gasteiger partial charge in [0.15, 0.2) is 0 Å². The van der Waals surface area contributed by atoms with Crippen LogP contribution >= 0.6 is 11.6 Å². The van der Waals surface area contributed by atoms with Gasteiger partial charge in [0.1, 0.15) is 11.5 Å². The van der Waals surface area contributed by atoms with Gasteiger partial charge in [0.2, 0.25) is 5.91 Å². The zero-order valence-electron chi connectivity index (χ0n) is 11.4. The molecule has 5 nitrogen and oxygen atoms in total. The molecule has 6 heteroatoms. The van der Waals surface area contributed by atoms with Gasteiger partial charge in [0.05, 0.1) is 24.9 Å². The summed E-state index contributed by atoms with van der Waals surface area (Å²) in [7, 11) is 4.90. The summed E-state index contributed by atoms with van der Waals surface area (Å²) in [6, 6.07) is 3.26. The number of anilines is 1. The highest BCUT2D eigenvalue weighted by molar-refractivity contribution is 6.32. The minimum atomic E-state index is -0.0743. The van der Waals surface area contributed by atoms with Crippen LogP contribution in [0, 0.1) is 0 Å². The van der Waals surface area contributed by atoms with Crippen molar-refractivity contribution in [3.05, 3.63) is 17.2 Å². The van der Waals surface area contributed by atoms with Crippen molar-refractivity contribution in [3.8, 4) is 11.5 Å². The number of hydrogen-bond donors (Lipinski definition) is 2. The van der Waals surface area contributed by atoms with Crippen LogP contribution in [0.5, 0.6) is 11.5 Å². The number of amides is 1. The number of nitrogens with one attached hydrogen (secondary N) is 2. The fourth-order valence-electron chi connectivity index (χ4n) is 1.60. The van der Waals surface area contributed by atoms with Gasteiger partial charge in [-0.3, -0.25) is 4.79 Å². The van der Waals surface area contributed by atoms with Crippen LogP contribution in [0.3, 0.4) is 0 Å². The maximum atomic E-state index is 11.8. The van der Waals surface area contributed by atoms with E-state index < -0.39 is 0 Å². The normalized spacial score (nSPS) is 10.1. The lowest BCUT2D eigenvalue weighted by Gasteiger charge is -2.13. The average Bonchev–Trinajstić information content (AvgIpc) is 2.39. The Balaban J connectivity index is 2.76. The molecule has 0 unspecified atom stereocenters. The number of carbonyl (C=O) groups excluding carboxylic acids is 1. The third-order valence-corrected chi connectivity index (χ3v) is 2.87. The molecule has 19 heavy (non-hydrogen) atoms. The van der Waals surface area contributed by atoms with Gasteiger partial charge in [0.25, 0.3) is 0 Å². The van der Waals surface area contributed by atoms with Crippen molar-refractivity contribution in [2.45, 2.75) is 12.8 Å². The average molecular weight is 287 g/mol. The maximum Gasteiger partial charge on any atom is 0.224 e. The lowest BCUT2D eigenvalue weighted by atomic mass is 10.2. The largest absolute Gasteiger partial charge is 0.495 e. The number of halogens is 1. The van der Waals surface area contributed by atoms with Gasteiger partial charge in [-0.25, -0.2) is 0 Å². The van der Waals surface area contributed by atoms with E-state index in [1.54, 1.807) is 12.1 Å². The molecule has 1 amide bonds. The summed E-state index contributed by atoms with van der Waals surface area (Å²) in [4.78, 5) is 11.8. The summed E-state index contributed by atoms with van der Waals surface area (Å²) < 4.78 is 10.3. The molecular weight excluding hydrogens is 268 g/mol. The highest BCUT2D eigenvalue weighted by Crippen LogP contribution is 2.35. The summed E-state index contributed by atoms with van der Waals surface area (Å²) in [6.07, 6.45) is 1.21. The molecule has 0 saturated heterocycles. The molecule has 0 aromatic heterocycles. The van der Waals surface area contributed by atoms with Crippen LogP contribution in [0.2, 0.25) is 5.02 Å². The first kappa shape index (κ1) is 15.6. The van der Waals surface area contributed by atoms with E-state index in [0.29, 0.717) is 28.6 Å². The molecule has 1 aromatic rings. The van der Waals surface area contributed by atoms with Crippen molar-refractivity contribution >= 4 is 23.2 Å². The Kier molecular flexibility index (Phi) is 6.45. The topological polar surface area (TPSA) is 59.6 Å². The van der Waals surface area contributed by atoms with Crippen LogP contribution in [-0.2, 0) is 4.79 Å². The summed E-state index contributed by atoms with van der Waals surface area (Å²) in [5, 5.41) is 6.20. The Hall–Kier alpha value is -1.46. The number of ether oxygens (including phenoxy) is 2. The van der Waals surface area contributed by atoms with E-state index in [1.807, 2.05) is 7.05 Å². The Labute approximate surface area is 118 Å². The smallest absolute Gasteiger partial charge is 0.224 e. The van der Waals surface area contributed by atoms with Gasteiger partial charge in [-0.2, -0.15) is 0 Å². The Morgan fingerprint density at radius 1 is 1.26 bits per heavy atom. The molecule has 0 atom stereocenters. The van der Waals surface area contributed by atoms with Crippen molar-refractivity contribution in [1.82, 2.24) is 5.32 Å². The standard InChI is InChI=1S/C13H19ClN2O3/c1-15-6-4-5-13(17)16-10-7-9(14)11(18-2)8-12(10)19-3/h7-8,15H,4-6H2,1-3H3,(H,16,17). The van der Waals surface area contributed by atoms with Gasteiger partial charge < -0.3 is 20.1 Å². The summed E-state index contributed by atoms with van der Waals surface area (Å²) in [5.74, 6) is 0.949. The van der Waals surface area contributed by atoms with Crippen molar-refractivity contribution in [1.29, 1.82) is 0 Å². The monoisotopic (exact) mass is 286 g/mol. The van der Waals surface area contributed by atoms with Gasteiger partial charge in [-0.1, -0.05) is 11.6 Å². The summed E-state index contributed by atoms with van der Waals surface area (Å²) in [6.45, 7) is 0.800. The lowest BCUT2D eigenvalue weighted by Crippen LogP contribution is -2.15. The Bertz CT molecular complexity index is 438. The predicted octanol–water partition coefficient (Wildman–Crippen LogP) is 2.30. The highest BCUT2D eigenvalue weighted by atomic mass is 35.5. The van der Waals surface area contributed by atoms with E-state index >= 15 is 0 Å². The summed E-state index contributed by atoms with van der Waals surface area (Å²) in [5.41, 5.74) is 0.544. The SMILES string of the molecule is CNCCCC(=O)Nc1cc(Cl)c(OC)cc1OC. The highest BCUT2D eigenvalue weighted by Gasteiger charge is 2.12. The molecule has 0 bridgehead atoms. The molecule has 0 aliphatic carbocycles. The summed E-state index contributed by atoms with van der Waals surface area (Å²) >= 11 is 6.03. The molecule has 0 heterocycles. The number of benzene rings is 1. The third kappa shape index (κ3) is 4.61. The first-order valence-corrected chi connectivity index (χ1v) is 6.36. The van der Waals surface area contributed by atoms with Crippen LogP contribution in [0.15, 0.2) is 12.1 Å². The Morgan fingerprint density at radius 2 is 1.95 bits per heavy atom. The maximum absolute atomic E-state index is 11.8. The second kappa shape index (κ2) is 7.86. The number of methoxy groups -OCH3 is 2. The van der Waals surface area contributed by atoms with E-state index in [1.165, 1.54) is 14.2 Å². The van der Waals surface area contributed by atoms with E-state index in [-0.39, 0.29) is 5.91 Å². The van der Waals surface area contributed by atoms with Crippen molar-refractivity contribution < 1.29 is 14.3 Å². The van der Waals surface area contributed by atoms with Gasteiger partial charge in [-0.15, -0.1) is 0 Å². The fourth-order valence-corrected chi connectivity index (χ4v) is 1.84. The quantitative estimate of drug-likeness (QED) is 0.755. The van der Waals surface area contributed by atoms with Gasteiger partial charge >= 0.3 is 0 Å². The van der Waals surface area contributed by atoms with Crippen molar-refractivity contribution in [3.63, 3.8) is 0 Å². The number of carbonyl (C=O) groups is 1. The van der Waals surface area contributed by atoms with Crippen molar-refractivity contribution in [2.24, 2.45) is 0 Å². The predicted molar refractivity (Wildman–Crippen MR) is 76.3 cm³/mol. The third-order valence-electron chi connectivity index (χ3n) is 2.58. The first-order chi connectivity index (χ1) is 9.12. The van der Waals surface area contributed by atoms with Crippen LogP contribution in [0.25, 0.3) is 0 Å². The zero-order chi connectivity index (χ0) is 14.3. The molecule has 106 valence electrons. The van der Waals surface area contributed by atoms with Crippen LogP contribution in [0.4, 0.5) is 5.69 Å². The molecule has 0 radical (unpaired) electrons.